The van der Waals surface area contributed by atoms with E-state index < -0.39 is 0 Å². The molecule has 0 saturated carbocycles. The van der Waals surface area contributed by atoms with Crippen molar-refractivity contribution >= 4 is 26.2 Å². The van der Waals surface area contributed by atoms with Crippen LogP contribution < -0.4 is 0 Å². The molecule has 0 unspecified atom stereocenters. The number of aliphatic imine (C=N–C) groups is 1. The molecule has 0 amide bonds. The molecule has 34 valence electrons. The van der Waals surface area contributed by atoms with Gasteiger partial charge in [-0.3, -0.25) is 0 Å². The maximum atomic E-state index is 4.92. The summed E-state index contributed by atoms with van der Waals surface area (Å²) in [6.07, 6.45) is 0. The molecule has 0 spiro atoms. The van der Waals surface area contributed by atoms with Gasteiger partial charge in [-0.15, -0.1) is 0 Å². The van der Waals surface area contributed by atoms with Gasteiger partial charge < -0.3 is 0 Å². The van der Waals surface area contributed by atoms with Crippen molar-refractivity contribution in [2.24, 2.45) is 4.99 Å². The topological polar surface area (TPSA) is 21.6 Å². The van der Waals surface area contributed by atoms with E-state index in [1.807, 2.05) is 0 Å². The molecular formula is C3H5NOTe. The van der Waals surface area contributed by atoms with Crippen molar-refractivity contribution in [1.82, 2.24) is 0 Å². The summed E-state index contributed by atoms with van der Waals surface area (Å²) in [5, 5.41) is 0. The van der Waals surface area contributed by atoms with E-state index in [2.05, 4.69) is 4.99 Å². The second-order valence-electron chi connectivity index (χ2n) is 1.01. The summed E-state index contributed by atoms with van der Waals surface area (Å²) < 4.78 is 5.80. The first-order valence-electron chi connectivity index (χ1n) is 1.76. The molecular weight excluding hydrogens is 194 g/mol. The molecule has 0 aromatic carbocycles. The summed E-state index contributed by atoms with van der Waals surface area (Å²) in [6.45, 7) is 1.66. The van der Waals surface area contributed by atoms with Crippen LogP contribution >= 0.6 is 0 Å². The summed E-state index contributed by atoms with van der Waals surface area (Å²) in [5.74, 6) is 0. The summed E-state index contributed by atoms with van der Waals surface area (Å²) >= 11 is 1.55. The molecule has 0 N–H and O–H groups in total. The second kappa shape index (κ2) is 1.81. The predicted octanol–water partition coefficient (Wildman–Crippen LogP) is -0.727. The van der Waals surface area contributed by atoms with Crippen molar-refractivity contribution in [2.45, 2.75) is 0 Å². The number of ether oxygens (including phenoxy) is 1. The zero-order valence-corrected chi connectivity index (χ0v) is 5.77. The minimum absolute atomic E-state index is 0.796. The SMILES string of the molecule is [TeH]C1=NCCO1. The molecule has 3 heteroatoms. The summed E-state index contributed by atoms with van der Waals surface area (Å²) in [4.78, 5) is 3.95. The van der Waals surface area contributed by atoms with Gasteiger partial charge in [0.05, 0.1) is 0 Å². The zero-order chi connectivity index (χ0) is 4.41. The molecule has 0 bridgehead atoms. The van der Waals surface area contributed by atoms with Crippen LogP contribution in [0.1, 0.15) is 0 Å². The molecule has 0 fully saturated rings. The molecule has 1 heterocycles. The van der Waals surface area contributed by atoms with Gasteiger partial charge in [0.2, 0.25) is 0 Å². The average molecular weight is 199 g/mol. The molecule has 1 rings (SSSR count). The standard InChI is InChI=1S/C3H5NOTe/c6-3-4-1-2-5-3/h1-2H2,(H,4,6). The van der Waals surface area contributed by atoms with Crippen molar-refractivity contribution < 1.29 is 4.74 Å². The van der Waals surface area contributed by atoms with Crippen molar-refractivity contribution in [3.05, 3.63) is 0 Å². The molecule has 0 atom stereocenters. The summed E-state index contributed by atoms with van der Waals surface area (Å²) in [5.41, 5.74) is 0. The first-order chi connectivity index (χ1) is 2.89. The van der Waals surface area contributed by atoms with Crippen LogP contribution in [-0.4, -0.2) is 39.4 Å². The van der Waals surface area contributed by atoms with Crippen LogP contribution in [-0.2, 0) is 4.74 Å². The Labute approximate surface area is 49.5 Å². The second-order valence-corrected chi connectivity index (χ2v) is 2.10. The Kier molecular flexibility index (Phi) is 1.33. The van der Waals surface area contributed by atoms with Gasteiger partial charge in [0.15, 0.2) is 0 Å². The van der Waals surface area contributed by atoms with Crippen molar-refractivity contribution in [3.8, 4) is 0 Å². The minimum atomic E-state index is 0.796. The molecule has 0 aromatic heterocycles. The first kappa shape index (κ1) is 4.42. The van der Waals surface area contributed by atoms with Gasteiger partial charge in [0.1, 0.15) is 0 Å². The van der Waals surface area contributed by atoms with Crippen LogP contribution in [0.15, 0.2) is 4.99 Å². The van der Waals surface area contributed by atoms with Crippen LogP contribution in [0.5, 0.6) is 0 Å². The van der Waals surface area contributed by atoms with Gasteiger partial charge >= 0.3 is 49.1 Å². The van der Waals surface area contributed by atoms with Gasteiger partial charge in [0, 0.05) is 0 Å². The van der Waals surface area contributed by atoms with Gasteiger partial charge in [-0.05, 0) is 0 Å². The Morgan fingerprint density at radius 3 is 2.83 bits per heavy atom. The summed E-state index contributed by atoms with van der Waals surface area (Å²) in [7, 11) is 0. The molecule has 0 saturated heterocycles. The van der Waals surface area contributed by atoms with E-state index in [9.17, 15) is 0 Å². The quantitative estimate of drug-likeness (QED) is 0.471. The van der Waals surface area contributed by atoms with E-state index in [1.54, 1.807) is 22.3 Å². The number of nitrogens with zero attached hydrogens (tertiary/aromatic N) is 1. The Morgan fingerprint density at radius 1 is 1.83 bits per heavy atom. The number of hydrogen-bond donors (Lipinski definition) is 0. The van der Waals surface area contributed by atoms with E-state index in [4.69, 9.17) is 4.74 Å². The molecule has 6 heavy (non-hydrogen) atoms. The van der Waals surface area contributed by atoms with E-state index in [-0.39, 0.29) is 0 Å². The van der Waals surface area contributed by atoms with Crippen molar-refractivity contribution in [2.75, 3.05) is 13.2 Å². The van der Waals surface area contributed by atoms with Crippen molar-refractivity contribution in [3.63, 3.8) is 0 Å². The Hall–Kier alpha value is 0.260. The Bertz CT molecular complexity index is 80.9. The molecule has 2 nitrogen and oxygen atoms in total. The molecule has 1 aliphatic rings. The van der Waals surface area contributed by atoms with E-state index in [0.29, 0.717) is 0 Å². The molecule has 0 radical (unpaired) electrons. The predicted molar refractivity (Wildman–Crippen MR) is 25.4 cm³/mol. The third kappa shape index (κ3) is 0.859. The Balaban J connectivity index is 2.45. The fraction of sp³-hybridized carbons (Fsp3) is 0.667. The number of hydrogen-bond acceptors (Lipinski definition) is 2. The first-order valence-corrected chi connectivity index (χ1v) is 3.03. The van der Waals surface area contributed by atoms with E-state index in [1.165, 1.54) is 0 Å². The van der Waals surface area contributed by atoms with Gasteiger partial charge in [-0.1, -0.05) is 0 Å². The zero-order valence-electron chi connectivity index (χ0n) is 3.22. The van der Waals surface area contributed by atoms with Crippen LogP contribution in [0, 0.1) is 0 Å². The van der Waals surface area contributed by atoms with Gasteiger partial charge in [-0.2, -0.15) is 0 Å². The fourth-order valence-electron chi connectivity index (χ4n) is 0.324. The van der Waals surface area contributed by atoms with Crippen LogP contribution in [0.3, 0.4) is 0 Å². The van der Waals surface area contributed by atoms with Crippen LogP contribution in [0.4, 0.5) is 0 Å². The van der Waals surface area contributed by atoms with Gasteiger partial charge in [0.25, 0.3) is 0 Å². The Morgan fingerprint density at radius 2 is 2.67 bits per heavy atom. The third-order valence-electron chi connectivity index (χ3n) is 0.570. The van der Waals surface area contributed by atoms with Crippen LogP contribution in [0.25, 0.3) is 0 Å². The third-order valence-corrected chi connectivity index (χ3v) is 1.34. The molecule has 1 aliphatic heterocycles. The number of rotatable bonds is 0. The summed E-state index contributed by atoms with van der Waals surface area (Å²) in [6, 6.07) is 0. The maximum absolute atomic E-state index is 4.92. The normalized spacial score (nSPS) is 19.8. The van der Waals surface area contributed by atoms with E-state index >= 15 is 0 Å². The monoisotopic (exact) mass is 201 g/mol. The van der Waals surface area contributed by atoms with E-state index in [0.717, 1.165) is 17.1 Å². The van der Waals surface area contributed by atoms with Crippen molar-refractivity contribution in [1.29, 1.82) is 0 Å². The molecule has 0 aromatic rings. The molecule has 0 aliphatic carbocycles. The fourth-order valence-corrected chi connectivity index (χ4v) is 0.870. The van der Waals surface area contributed by atoms with Gasteiger partial charge in [-0.25, -0.2) is 0 Å². The van der Waals surface area contributed by atoms with Crippen LogP contribution in [0.2, 0.25) is 0 Å². The average Bonchev–Trinajstić information content (AvgIpc) is 1.86.